The van der Waals surface area contributed by atoms with Crippen LogP contribution in [0.15, 0.2) is 48.5 Å². The monoisotopic (exact) mass is 504 g/mol. The van der Waals surface area contributed by atoms with Crippen LogP contribution in [0.1, 0.15) is 11.3 Å². The first kappa shape index (κ1) is 24.6. The van der Waals surface area contributed by atoms with Gasteiger partial charge in [-0.3, -0.25) is 0 Å². The minimum absolute atomic E-state index is 0.203. The molecule has 1 N–H and O–H groups in total. The number of benzene rings is 2. The van der Waals surface area contributed by atoms with Crippen molar-refractivity contribution in [2.75, 3.05) is 64.2 Å². The highest BCUT2D eigenvalue weighted by molar-refractivity contribution is 5.89. The lowest BCUT2D eigenvalue weighted by Gasteiger charge is -2.34. The number of para-hydroxylation sites is 2. The number of fused-ring (bicyclic) bond motifs is 1. The second-order valence-electron chi connectivity index (χ2n) is 9.13. The smallest absolute Gasteiger partial charge is 0.322 e. The van der Waals surface area contributed by atoms with Crippen molar-refractivity contribution in [3.8, 4) is 23.1 Å². The van der Waals surface area contributed by atoms with E-state index in [1.807, 2.05) is 42.5 Å². The van der Waals surface area contributed by atoms with Crippen molar-refractivity contribution in [3.63, 3.8) is 0 Å². The van der Waals surface area contributed by atoms with Gasteiger partial charge in [0.25, 0.3) is 0 Å². The molecule has 2 amide bonds. The molecule has 1 saturated heterocycles. The van der Waals surface area contributed by atoms with Crippen LogP contribution < -0.4 is 24.4 Å². The number of hydrogen-bond acceptors (Lipinski definition) is 8. The SMILES string of the molecule is COc1cccc(NC(=O)N2CCc3nc(N4CCN(C)CC4)nc(Oc4ccccc4OC)c3C2)c1. The van der Waals surface area contributed by atoms with Gasteiger partial charge >= 0.3 is 6.03 Å². The van der Waals surface area contributed by atoms with Crippen LogP contribution in [0.25, 0.3) is 0 Å². The molecule has 10 heteroatoms. The number of amides is 2. The van der Waals surface area contributed by atoms with E-state index in [4.69, 9.17) is 24.2 Å². The molecule has 1 aromatic heterocycles. The number of methoxy groups -OCH3 is 2. The zero-order chi connectivity index (χ0) is 25.8. The first-order valence-electron chi connectivity index (χ1n) is 12.4. The van der Waals surface area contributed by atoms with Gasteiger partial charge in [-0.05, 0) is 31.3 Å². The van der Waals surface area contributed by atoms with Gasteiger partial charge in [0.1, 0.15) is 5.75 Å². The van der Waals surface area contributed by atoms with Crippen LogP contribution in [0.3, 0.4) is 0 Å². The van der Waals surface area contributed by atoms with Crippen molar-refractivity contribution >= 4 is 17.7 Å². The fourth-order valence-corrected chi connectivity index (χ4v) is 4.49. The Kier molecular flexibility index (Phi) is 7.27. The summed E-state index contributed by atoms with van der Waals surface area (Å²) < 4.78 is 17.1. The van der Waals surface area contributed by atoms with Gasteiger partial charge in [-0.2, -0.15) is 4.98 Å². The quantitative estimate of drug-likeness (QED) is 0.544. The Balaban J connectivity index is 1.43. The molecule has 0 radical (unpaired) electrons. The van der Waals surface area contributed by atoms with Crippen LogP contribution in [0.5, 0.6) is 23.1 Å². The summed E-state index contributed by atoms with van der Waals surface area (Å²) in [5, 5.41) is 2.96. The zero-order valence-electron chi connectivity index (χ0n) is 21.4. The van der Waals surface area contributed by atoms with Crippen molar-refractivity contribution in [1.82, 2.24) is 19.8 Å². The molecule has 2 aromatic carbocycles. The number of aromatic nitrogens is 2. The van der Waals surface area contributed by atoms with E-state index in [0.29, 0.717) is 54.3 Å². The lowest BCUT2D eigenvalue weighted by atomic mass is 10.1. The molecule has 5 rings (SSSR count). The number of rotatable bonds is 6. The van der Waals surface area contributed by atoms with Gasteiger partial charge in [-0.1, -0.05) is 18.2 Å². The van der Waals surface area contributed by atoms with Gasteiger partial charge in [-0.25, -0.2) is 9.78 Å². The van der Waals surface area contributed by atoms with Crippen molar-refractivity contribution in [1.29, 1.82) is 0 Å². The lowest BCUT2D eigenvalue weighted by Crippen LogP contribution is -2.45. The molecule has 0 aliphatic carbocycles. The highest BCUT2D eigenvalue weighted by Crippen LogP contribution is 2.35. The molecule has 3 heterocycles. The van der Waals surface area contributed by atoms with Crippen LogP contribution >= 0.6 is 0 Å². The molecule has 194 valence electrons. The van der Waals surface area contributed by atoms with E-state index in [-0.39, 0.29) is 6.03 Å². The van der Waals surface area contributed by atoms with Crippen molar-refractivity contribution in [2.24, 2.45) is 0 Å². The Morgan fingerprint density at radius 1 is 0.919 bits per heavy atom. The third-order valence-electron chi connectivity index (χ3n) is 6.68. The average Bonchev–Trinajstić information content (AvgIpc) is 2.93. The van der Waals surface area contributed by atoms with Crippen LogP contribution in [-0.4, -0.2) is 79.8 Å². The number of ether oxygens (including phenoxy) is 3. The molecule has 0 atom stereocenters. The van der Waals surface area contributed by atoms with E-state index < -0.39 is 0 Å². The maximum atomic E-state index is 13.2. The number of carbonyl (C=O) groups excluding carboxylic acids is 1. The number of urea groups is 1. The molecule has 37 heavy (non-hydrogen) atoms. The zero-order valence-corrected chi connectivity index (χ0v) is 21.4. The van der Waals surface area contributed by atoms with E-state index in [1.54, 1.807) is 25.2 Å². The largest absolute Gasteiger partial charge is 0.497 e. The fraction of sp³-hybridized carbons (Fsp3) is 0.370. The van der Waals surface area contributed by atoms with Gasteiger partial charge in [-0.15, -0.1) is 0 Å². The molecular formula is C27H32N6O4. The van der Waals surface area contributed by atoms with Crippen LogP contribution in [-0.2, 0) is 13.0 Å². The number of nitrogens with one attached hydrogen (secondary N) is 1. The van der Waals surface area contributed by atoms with Crippen molar-refractivity contribution in [3.05, 3.63) is 59.8 Å². The molecular weight excluding hydrogens is 472 g/mol. The topological polar surface area (TPSA) is 92.3 Å². The van der Waals surface area contributed by atoms with E-state index in [9.17, 15) is 4.79 Å². The number of carbonyl (C=O) groups is 1. The summed E-state index contributed by atoms with van der Waals surface area (Å²) in [5.41, 5.74) is 2.37. The Bertz CT molecular complexity index is 1260. The molecule has 2 aliphatic heterocycles. The summed E-state index contributed by atoms with van der Waals surface area (Å²) in [6, 6.07) is 14.6. The Labute approximate surface area is 216 Å². The first-order valence-corrected chi connectivity index (χ1v) is 12.4. The molecule has 2 aliphatic rings. The van der Waals surface area contributed by atoms with E-state index >= 15 is 0 Å². The fourth-order valence-electron chi connectivity index (χ4n) is 4.49. The maximum absolute atomic E-state index is 13.2. The molecule has 1 fully saturated rings. The van der Waals surface area contributed by atoms with Gasteiger partial charge in [0.2, 0.25) is 11.8 Å². The van der Waals surface area contributed by atoms with E-state index in [1.165, 1.54) is 0 Å². The molecule has 3 aromatic rings. The summed E-state index contributed by atoms with van der Waals surface area (Å²) in [4.78, 5) is 29.1. The van der Waals surface area contributed by atoms with Crippen LogP contribution in [0, 0.1) is 0 Å². The minimum Gasteiger partial charge on any atom is -0.497 e. The Morgan fingerprint density at radius 2 is 1.70 bits per heavy atom. The van der Waals surface area contributed by atoms with E-state index in [2.05, 4.69) is 22.2 Å². The molecule has 0 unspecified atom stereocenters. The molecule has 0 bridgehead atoms. The van der Waals surface area contributed by atoms with Crippen LogP contribution in [0.4, 0.5) is 16.4 Å². The third-order valence-corrected chi connectivity index (χ3v) is 6.68. The van der Waals surface area contributed by atoms with Gasteiger partial charge in [0.15, 0.2) is 11.5 Å². The normalized spacial score (nSPS) is 15.6. The summed E-state index contributed by atoms with van der Waals surface area (Å²) in [6.07, 6.45) is 0.604. The predicted molar refractivity (Wildman–Crippen MR) is 141 cm³/mol. The molecule has 0 saturated carbocycles. The Hall–Kier alpha value is -4.05. The summed E-state index contributed by atoms with van der Waals surface area (Å²) >= 11 is 0. The van der Waals surface area contributed by atoms with Crippen LogP contribution in [0.2, 0.25) is 0 Å². The van der Waals surface area contributed by atoms with Gasteiger partial charge < -0.3 is 34.2 Å². The highest BCUT2D eigenvalue weighted by atomic mass is 16.5. The number of anilines is 2. The standard InChI is InChI=1S/C27H32N6O4/c1-31-13-15-32(16-14-31)26-29-22-11-12-33(27(34)28-19-7-6-8-20(17-19)35-2)18-21(22)25(30-26)37-24-10-5-4-9-23(24)36-3/h4-10,17H,11-16,18H2,1-3H3,(H,28,34). The maximum Gasteiger partial charge on any atom is 0.322 e. The number of hydrogen-bond donors (Lipinski definition) is 1. The minimum atomic E-state index is -0.203. The first-order chi connectivity index (χ1) is 18.0. The summed E-state index contributed by atoms with van der Waals surface area (Å²) in [7, 11) is 5.33. The van der Waals surface area contributed by atoms with Gasteiger partial charge in [0, 0.05) is 50.9 Å². The molecule has 0 spiro atoms. The number of likely N-dealkylation sites (N-methyl/N-ethyl adjacent to an activating group) is 1. The van der Waals surface area contributed by atoms with Gasteiger partial charge in [0.05, 0.1) is 32.0 Å². The Morgan fingerprint density at radius 3 is 2.46 bits per heavy atom. The van der Waals surface area contributed by atoms with E-state index in [0.717, 1.165) is 37.4 Å². The van der Waals surface area contributed by atoms with Crippen molar-refractivity contribution < 1.29 is 19.0 Å². The summed E-state index contributed by atoms with van der Waals surface area (Å²) in [6.45, 7) is 4.45. The second kappa shape index (κ2) is 10.9. The van der Waals surface area contributed by atoms with Crippen molar-refractivity contribution in [2.45, 2.75) is 13.0 Å². The molecule has 10 nitrogen and oxygen atoms in total. The number of piperazine rings is 1. The highest BCUT2D eigenvalue weighted by Gasteiger charge is 2.29. The average molecular weight is 505 g/mol. The second-order valence-corrected chi connectivity index (χ2v) is 9.13. The predicted octanol–water partition coefficient (Wildman–Crippen LogP) is 3.63. The summed E-state index contributed by atoms with van der Waals surface area (Å²) in [5.74, 6) is 2.96. The number of nitrogens with zero attached hydrogens (tertiary/aromatic N) is 5. The third kappa shape index (κ3) is 5.54. The lowest BCUT2D eigenvalue weighted by molar-refractivity contribution is 0.204.